The minimum absolute atomic E-state index is 0.0926. The second kappa shape index (κ2) is 8.38. The van der Waals surface area contributed by atoms with Crippen molar-refractivity contribution >= 4 is 15.9 Å². The molecule has 0 N–H and O–H groups in total. The van der Waals surface area contributed by atoms with Crippen LogP contribution < -0.4 is 0 Å². The summed E-state index contributed by atoms with van der Waals surface area (Å²) in [5.74, 6) is -1.19. The number of hydrogen-bond donors (Lipinski definition) is 0. The first-order valence-corrected chi connectivity index (χ1v) is 10.5. The van der Waals surface area contributed by atoms with Gasteiger partial charge in [0.05, 0.1) is 10.5 Å². The number of carbonyl (C=O) groups excluding carboxylic acids is 1. The zero-order chi connectivity index (χ0) is 20.3. The van der Waals surface area contributed by atoms with Gasteiger partial charge in [-0.05, 0) is 23.8 Å². The molecule has 1 saturated heterocycles. The third kappa shape index (κ3) is 4.40. The van der Waals surface area contributed by atoms with Crippen LogP contribution in [-0.2, 0) is 16.6 Å². The van der Waals surface area contributed by atoms with Crippen molar-refractivity contribution in [2.75, 3.05) is 40.3 Å². The highest BCUT2D eigenvalue weighted by Gasteiger charge is 2.26. The molecule has 1 aliphatic rings. The molecule has 3 rings (SSSR count). The molecule has 1 aliphatic heterocycles. The van der Waals surface area contributed by atoms with Gasteiger partial charge in [0.15, 0.2) is 0 Å². The lowest BCUT2D eigenvalue weighted by atomic mass is 10.1. The van der Waals surface area contributed by atoms with Gasteiger partial charge in [-0.2, -0.15) is 0 Å². The molecule has 0 aliphatic carbocycles. The van der Waals surface area contributed by atoms with Crippen LogP contribution in [0.2, 0.25) is 0 Å². The maximum absolute atomic E-state index is 14.3. The molecule has 1 fully saturated rings. The first kappa shape index (κ1) is 20.4. The second-order valence-corrected chi connectivity index (χ2v) is 9.13. The topological polar surface area (TPSA) is 60.9 Å². The number of carbonyl (C=O) groups is 1. The Morgan fingerprint density at radius 1 is 1.04 bits per heavy atom. The highest BCUT2D eigenvalue weighted by atomic mass is 32.2. The van der Waals surface area contributed by atoms with Crippen molar-refractivity contribution in [3.63, 3.8) is 0 Å². The number of sulfonamides is 1. The molecule has 28 heavy (non-hydrogen) atoms. The van der Waals surface area contributed by atoms with Crippen molar-refractivity contribution < 1.29 is 17.6 Å². The molecular weight excluding hydrogens is 381 g/mol. The van der Waals surface area contributed by atoms with Crippen molar-refractivity contribution in [2.24, 2.45) is 0 Å². The lowest BCUT2D eigenvalue weighted by Gasteiger charge is -2.35. The monoisotopic (exact) mass is 405 g/mol. The summed E-state index contributed by atoms with van der Waals surface area (Å²) in [5, 5.41) is 0. The molecule has 0 unspecified atom stereocenters. The zero-order valence-electron chi connectivity index (χ0n) is 16.0. The van der Waals surface area contributed by atoms with Crippen LogP contribution in [0.15, 0.2) is 53.4 Å². The Morgan fingerprint density at radius 2 is 1.68 bits per heavy atom. The maximum atomic E-state index is 14.3. The van der Waals surface area contributed by atoms with Crippen LogP contribution in [0.3, 0.4) is 0 Å². The van der Waals surface area contributed by atoms with Crippen LogP contribution in [0, 0.1) is 5.82 Å². The Kier molecular flexibility index (Phi) is 6.12. The third-order valence-electron chi connectivity index (χ3n) is 4.86. The maximum Gasteiger partial charge on any atom is 0.256 e. The van der Waals surface area contributed by atoms with E-state index in [1.54, 1.807) is 4.90 Å². The normalized spacial score (nSPS) is 15.8. The summed E-state index contributed by atoms with van der Waals surface area (Å²) >= 11 is 0. The average molecular weight is 405 g/mol. The predicted molar refractivity (Wildman–Crippen MR) is 105 cm³/mol. The van der Waals surface area contributed by atoms with Gasteiger partial charge in [0.25, 0.3) is 5.91 Å². The van der Waals surface area contributed by atoms with E-state index in [1.807, 2.05) is 18.2 Å². The Labute approximate surface area is 165 Å². The fourth-order valence-corrected chi connectivity index (χ4v) is 4.09. The van der Waals surface area contributed by atoms with Gasteiger partial charge in [-0.15, -0.1) is 0 Å². The predicted octanol–water partition coefficient (Wildman–Crippen LogP) is 2.03. The minimum Gasteiger partial charge on any atom is -0.336 e. The van der Waals surface area contributed by atoms with E-state index in [0.717, 1.165) is 23.0 Å². The minimum atomic E-state index is -3.74. The highest BCUT2D eigenvalue weighted by molar-refractivity contribution is 7.89. The molecule has 0 aromatic heterocycles. The molecule has 2 aromatic rings. The van der Waals surface area contributed by atoms with E-state index in [-0.39, 0.29) is 10.5 Å². The molecule has 0 spiro atoms. The first-order valence-electron chi connectivity index (χ1n) is 9.06. The molecular formula is C20H24FN3O3S. The van der Waals surface area contributed by atoms with E-state index in [9.17, 15) is 17.6 Å². The molecule has 8 heteroatoms. The Hall–Kier alpha value is -2.29. The van der Waals surface area contributed by atoms with Crippen molar-refractivity contribution in [3.8, 4) is 0 Å². The lowest BCUT2D eigenvalue weighted by Crippen LogP contribution is -2.48. The van der Waals surface area contributed by atoms with Gasteiger partial charge < -0.3 is 4.90 Å². The molecule has 0 atom stereocenters. The number of benzene rings is 2. The molecule has 150 valence electrons. The van der Waals surface area contributed by atoms with E-state index < -0.39 is 21.7 Å². The van der Waals surface area contributed by atoms with Crippen molar-refractivity contribution in [1.29, 1.82) is 0 Å². The summed E-state index contributed by atoms with van der Waals surface area (Å²) in [4.78, 5) is 16.5. The van der Waals surface area contributed by atoms with Crippen LogP contribution in [0.1, 0.15) is 15.9 Å². The van der Waals surface area contributed by atoms with Crippen LogP contribution in [0.5, 0.6) is 0 Å². The van der Waals surface area contributed by atoms with Crippen molar-refractivity contribution in [1.82, 2.24) is 14.1 Å². The lowest BCUT2D eigenvalue weighted by molar-refractivity contribution is 0.0623. The summed E-state index contributed by atoms with van der Waals surface area (Å²) < 4.78 is 39.9. The fourth-order valence-electron chi connectivity index (χ4n) is 3.16. The summed E-state index contributed by atoms with van der Waals surface area (Å²) in [6.45, 7) is 3.09. The summed E-state index contributed by atoms with van der Waals surface area (Å²) in [7, 11) is -0.946. The van der Waals surface area contributed by atoms with Crippen LogP contribution >= 0.6 is 0 Å². The van der Waals surface area contributed by atoms with Gasteiger partial charge in [0.1, 0.15) is 5.82 Å². The van der Waals surface area contributed by atoms with E-state index in [2.05, 4.69) is 17.0 Å². The van der Waals surface area contributed by atoms with Crippen LogP contribution in [-0.4, -0.2) is 68.7 Å². The largest absolute Gasteiger partial charge is 0.336 e. The number of rotatable bonds is 5. The zero-order valence-corrected chi connectivity index (χ0v) is 16.8. The van der Waals surface area contributed by atoms with Crippen LogP contribution in [0.25, 0.3) is 0 Å². The number of halogens is 1. The fraction of sp³-hybridized carbons (Fsp3) is 0.350. The Balaban J connectivity index is 1.70. The number of amides is 1. The summed E-state index contributed by atoms with van der Waals surface area (Å²) in [5.41, 5.74) is 0.995. The van der Waals surface area contributed by atoms with Crippen molar-refractivity contribution in [2.45, 2.75) is 11.4 Å². The standard InChI is InChI=1S/C20H24FN3O3S/c1-22(2)28(26,27)17-8-9-19(21)18(14-17)20(25)24-12-10-23(11-13-24)15-16-6-4-3-5-7-16/h3-9,14H,10-13,15H2,1-2H3. The summed E-state index contributed by atoms with van der Waals surface area (Å²) in [6, 6.07) is 13.4. The van der Waals surface area contributed by atoms with Crippen molar-refractivity contribution in [3.05, 3.63) is 65.5 Å². The molecule has 2 aromatic carbocycles. The number of piperazine rings is 1. The average Bonchev–Trinajstić information content (AvgIpc) is 2.69. The molecule has 1 heterocycles. The summed E-state index contributed by atoms with van der Waals surface area (Å²) in [6.07, 6.45) is 0. The van der Waals surface area contributed by atoms with Gasteiger partial charge in [-0.25, -0.2) is 17.1 Å². The quantitative estimate of drug-likeness (QED) is 0.764. The molecule has 0 bridgehead atoms. The molecule has 6 nitrogen and oxygen atoms in total. The van der Waals surface area contributed by atoms with E-state index in [1.165, 1.54) is 25.7 Å². The Morgan fingerprint density at radius 3 is 2.29 bits per heavy atom. The van der Waals surface area contributed by atoms with Gasteiger partial charge in [-0.1, -0.05) is 30.3 Å². The second-order valence-electron chi connectivity index (χ2n) is 6.98. The van der Waals surface area contributed by atoms with Gasteiger partial charge in [0, 0.05) is 46.8 Å². The van der Waals surface area contributed by atoms with Gasteiger partial charge in [-0.3, -0.25) is 9.69 Å². The molecule has 1 amide bonds. The van der Waals surface area contributed by atoms with E-state index >= 15 is 0 Å². The van der Waals surface area contributed by atoms with E-state index in [4.69, 9.17) is 0 Å². The van der Waals surface area contributed by atoms with E-state index in [0.29, 0.717) is 26.2 Å². The third-order valence-corrected chi connectivity index (χ3v) is 6.67. The number of hydrogen-bond acceptors (Lipinski definition) is 4. The molecule has 0 saturated carbocycles. The smallest absolute Gasteiger partial charge is 0.256 e. The number of nitrogens with zero attached hydrogens (tertiary/aromatic N) is 3. The Bertz CT molecular complexity index is 940. The van der Waals surface area contributed by atoms with Crippen LogP contribution in [0.4, 0.5) is 4.39 Å². The highest BCUT2D eigenvalue weighted by Crippen LogP contribution is 2.20. The van der Waals surface area contributed by atoms with Gasteiger partial charge in [0.2, 0.25) is 10.0 Å². The SMILES string of the molecule is CN(C)S(=O)(=O)c1ccc(F)c(C(=O)N2CCN(Cc3ccccc3)CC2)c1. The molecule has 0 radical (unpaired) electrons. The van der Waals surface area contributed by atoms with Gasteiger partial charge >= 0.3 is 0 Å². The first-order chi connectivity index (χ1) is 13.3.